The fourth-order valence-corrected chi connectivity index (χ4v) is 5.66. The van der Waals surface area contributed by atoms with Gasteiger partial charge < -0.3 is 19.1 Å². The number of likely N-dealkylation sites (N-methyl/N-ethyl adjacent to an activating group) is 1. The Labute approximate surface area is 250 Å². The van der Waals surface area contributed by atoms with Crippen LogP contribution in [-0.2, 0) is 24.6 Å². The van der Waals surface area contributed by atoms with E-state index in [0.29, 0.717) is 41.4 Å². The molecular weight excluding hydrogens is 580 g/mol. The lowest BCUT2D eigenvalue weighted by atomic mass is 10.0. The topological polar surface area (TPSA) is 101 Å². The molecule has 10 nitrogen and oxygen atoms in total. The van der Waals surface area contributed by atoms with Crippen LogP contribution in [0.2, 0.25) is 0 Å². The van der Waals surface area contributed by atoms with Gasteiger partial charge in [0.2, 0.25) is 5.88 Å². The van der Waals surface area contributed by atoms with Gasteiger partial charge in [-0.05, 0) is 57.0 Å². The normalized spacial score (nSPS) is 18.4. The van der Waals surface area contributed by atoms with Crippen molar-refractivity contribution in [1.29, 1.82) is 0 Å². The summed E-state index contributed by atoms with van der Waals surface area (Å²) in [6, 6.07) is 4.26. The molecule has 6 rings (SSSR count). The first-order chi connectivity index (χ1) is 20.9. The van der Waals surface area contributed by atoms with Gasteiger partial charge in [-0.2, -0.15) is 13.2 Å². The van der Waals surface area contributed by atoms with Crippen LogP contribution in [0.25, 0.3) is 11.4 Å². The van der Waals surface area contributed by atoms with Crippen LogP contribution < -0.4 is 4.74 Å². The number of hydrogen-bond donors (Lipinski definition) is 0. The summed E-state index contributed by atoms with van der Waals surface area (Å²) >= 11 is 0. The van der Waals surface area contributed by atoms with Crippen molar-refractivity contribution in [2.24, 2.45) is 17.0 Å². The van der Waals surface area contributed by atoms with Crippen LogP contribution in [0.15, 0.2) is 52.2 Å². The average Bonchev–Trinajstić information content (AvgIpc) is 3.93. The summed E-state index contributed by atoms with van der Waals surface area (Å²) in [6.07, 6.45) is 0.657. The molecule has 2 fully saturated rings. The third-order valence-corrected chi connectivity index (χ3v) is 8.39. The van der Waals surface area contributed by atoms with Crippen molar-refractivity contribution in [1.82, 2.24) is 29.3 Å². The predicted octanol–water partition coefficient (Wildman–Crippen LogP) is 5.06. The fourth-order valence-electron chi connectivity index (χ4n) is 5.66. The Morgan fingerprint density at radius 2 is 1.93 bits per heavy atom. The van der Waals surface area contributed by atoms with E-state index in [2.05, 4.69) is 26.7 Å². The molecule has 1 amide bonds. The van der Waals surface area contributed by atoms with Gasteiger partial charge in [-0.1, -0.05) is 6.07 Å². The van der Waals surface area contributed by atoms with Crippen LogP contribution in [0.3, 0.4) is 0 Å². The number of amides is 1. The van der Waals surface area contributed by atoms with Crippen molar-refractivity contribution in [2.45, 2.75) is 56.8 Å². The number of methoxy groups -OCH3 is 1. The van der Waals surface area contributed by atoms with E-state index >= 15 is 4.39 Å². The molecule has 2 aliphatic carbocycles. The van der Waals surface area contributed by atoms with Gasteiger partial charge in [0.25, 0.3) is 5.91 Å². The van der Waals surface area contributed by atoms with Crippen molar-refractivity contribution >= 4 is 18.5 Å². The Bertz CT molecular complexity index is 1740. The number of imidazole rings is 1. The van der Waals surface area contributed by atoms with Crippen LogP contribution in [-0.4, -0.2) is 67.5 Å². The number of carbonyl (C=O) groups excluding carboxylic acids is 1. The molecule has 0 saturated heterocycles. The first-order valence-electron chi connectivity index (χ1n) is 14.0. The van der Waals surface area contributed by atoms with Crippen LogP contribution in [0.5, 0.6) is 5.88 Å². The number of halogens is 4. The van der Waals surface area contributed by atoms with E-state index in [9.17, 15) is 18.0 Å². The molecule has 0 atom stereocenters. The maximum atomic E-state index is 15.5. The number of aromatic nitrogens is 4. The third kappa shape index (κ3) is 4.91. The van der Waals surface area contributed by atoms with E-state index in [1.807, 2.05) is 4.90 Å². The van der Waals surface area contributed by atoms with Gasteiger partial charge in [-0.15, -0.1) is 0 Å². The highest BCUT2D eigenvalue weighted by atomic mass is 19.4. The number of alkyl halides is 3. The number of rotatable bonds is 7. The van der Waals surface area contributed by atoms with Crippen LogP contribution in [0.4, 0.5) is 17.6 Å². The number of ether oxygens (including phenoxy) is 1. The quantitative estimate of drug-likeness (QED) is 0.211. The summed E-state index contributed by atoms with van der Waals surface area (Å²) in [5, 5.41) is 0. The molecular formula is C30H30F4N8O2. The Hall–Kier alpha value is -4.62. The molecule has 0 bridgehead atoms. The lowest BCUT2D eigenvalue weighted by Crippen LogP contribution is -2.53. The maximum absolute atomic E-state index is 15.5. The van der Waals surface area contributed by atoms with Gasteiger partial charge in [-0.25, -0.2) is 29.3 Å². The van der Waals surface area contributed by atoms with Gasteiger partial charge in [-0.3, -0.25) is 4.79 Å². The SMILES string of the molecule is C=NC(=NC1=C(C)N(C)C(=O)C2(CC2)N1Cc1ccc(-c2nc(C(F)(F)F)cn2C)c(F)c1)c1c(OC)ncnc1C1CC1. The molecule has 230 valence electrons. The molecule has 0 N–H and O–H groups in total. The number of carbonyl (C=O) groups is 1. The molecule has 14 heteroatoms. The van der Waals surface area contributed by atoms with Crippen LogP contribution >= 0.6 is 0 Å². The minimum atomic E-state index is -4.66. The van der Waals surface area contributed by atoms with E-state index < -0.39 is 23.2 Å². The second-order valence-corrected chi connectivity index (χ2v) is 11.3. The third-order valence-electron chi connectivity index (χ3n) is 8.39. The number of aryl methyl sites for hydroxylation is 1. The number of allylic oxidation sites excluding steroid dienone is 1. The van der Waals surface area contributed by atoms with E-state index in [1.54, 1.807) is 24.9 Å². The molecule has 3 aliphatic rings. The summed E-state index contributed by atoms with van der Waals surface area (Å²) in [5.41, 5.74) is 0.275. The standard InChI is InChI=1S/C30H30F4N8O2/c1-16-25(39-24(35-2)22-23(18-7-8-18)36-15-37-27(22)44-5)42(29(10-11-29)28(43)41(16)4)13-17-6-9-19(20(31)12-17)26-38-21(14-40(26)3)30(32,33)34/h6,9,12,14-15,18H,2,7-8,10-11,13H2,1,3-5H3. The molecule has 0 unspecified atom stereocenters. The van der Waals surface area contributed by atoms with Crippen LogP contribution in [0.1, 0.15) is 61.0 Å². The van der Waals surface area contributed by atoms with E-state index in [4.69, 9.17) is 9.73 Å². The maximum Gasteiger partial charge on any atom is 0.434 e. The zero-order valence-corrected chi connectivity index (χ0v) is 24.6. The predicted molar refractivity (Wildman–Crippen MR) is 153 cm³/mol. The Morgan fingerprint density at radius 1 is 1.20 bits per heavy atom. The molecule has 3 heterocycles. The zero-order chi connectivity index (χ0) is 31.6. The first kappa shape index (κ1) is 29.5. The highest BCUT2D eigenvalue weighted by Gasteiger charge is 2.59. The molecule has 2 aromatic heterocycles. The van der Waals surface area contributed by atoms with E-state index in [1.165, 1.54) is 32.6 Å². The van der Waals surface area contributed by atoms with Gasteiger partial charge in [0.05, 0.1) is 24.1 Å². The number of aliphatic imine (C=N–C) groups is 2. The van der Waals surface area contributed by atoms with Gasteiger partial charge in [0.1, 0.15) is 29.1 Å². The van der Waals surface area contributed by atoms with Gasteiger partial charge in [0, 0.05) is 32.8 Å². The highest BCUT2D eigenvalue weighted by molar-refractivity contribution is 6.05. The van der Waals surface area contributed by atoms with Crippen molar-refractivity contribution in [3.05, 3.63) is 70.6 Å². The number of amidine groups is 1. The smallest absolute Gasteiger partial charge is 0.434 e. The highest BCUT2D eigenvalue weighted by Crippen LogP contribution is 2.50. The number of hydrogen-bond acceptors (Lipinski definition) is 7. The summed E-state index contributed by atoms with van der Waals surface area (Å²) in [7, 11) is 4.56. The van der Waals surface area contributed by atoms with Crippen molar-refractivity contribution in [2.75, 3.05) is 14.2 Å². The minimum absolute atomic E-state index is 0.0748. The number of nitrogens with zero attached hydrogens (tertiary/aromatic N) is 8. The summed E-state index contributed by atoms with van der Waals surface area (Å²) in [4.78, 5) is 38.5. The van der Waals surface area contributed by atoms with Crippen molar-refractivity contribution < 1.29 is 27.1 Å². The molecule has 3 aromatic rings. The largest absolute Gasteiger partial charge is 0.480 e. The Morgan fingerprint density at radius 3 is 2.50 bits per heavy atom. The van der Waals surface area contributed by atoms with E-state index in [0.717, 1.165) is 29.3 Å². The van der Waals surface area contributed by atoms with Crippen molar-refractivity contribution in [3.8, 4) is 17.3 Å². The second kappa shape index (κ2) is 10.5. The molecule has 44 heavy (non-hydrogen) atoms. The van der Waals surface area contributed by atoms with Crippen molar-refractivity contribution in [3.63, 3.8) is 0 Å². The molecule has 1 aromatic carbocycles. The summed E-state index contributed by atoms with van der Waals surface area (Å²) in [6.45, 7) is 5.62. The average molecular weight is 611 g/mol. The van der Waals surface area contributed by atoms with Gasteiger partial charge in [0.15, 0.2) is 17.4 Å². The minimum Gasteiger partial charge on any atom is -0.480 e. The van der Waals surface area contributed by atoms with Gasteiger partial charge >= 0.3 is 6.18 Å². The zero-order valence-electron chi connectivity index (χ0n) is 24.6. The fraction of sp³-hybridized carbons (Fsp3) is 0.400. The monoisotopic (exact) mass is 610 g/mol. The first-order valence-corrected chi connectivity index (χ1v) is 14.0. The Kier molecular flexibility index (Phi) is 7.05. The molecule has 0 radical (unpaired) electrons. The Balaban J connectivity index is 1.41. The summed E-state index contributed by atoms with van der Waals surface area (Å²) < 4.78 is 61.8. The molecule has 2 saturated carbocycles. The second-order valence-electron chi connectivity index (χ2n) is 11.3. The lowest BCUT2D eigenvalue weighted by molar-refractivity contribution is -0.141. The molecule has 1 spiro atoms. The number of benzene rings is 1. The van der Waals surface area contributed by atoms with E-state index in [-0.39, 0.29) is 35.6 Å². The summed E-state index contributed by atoms with van der Waals surface area (Å²) in [5.74, 6) is 0.212. The lowest BCUT2D eigenvalue weighted by Gasteiger charge is -2.42. The van der Waals surface area contributed by atoms with Crippen LogP contribution in [0, 0.1) is 5.82 Å². The molecule has 1 aliphatic heterocycles.